The van der Waals surface area contributed by atoms with Crippen LogP contribution >= 0.6 is 0 Å². The number of hydrogen-bond donors (Lipinski definition) is 1. The number of nitrogens with two attached hydrogens (primary N) is 1. The molecule has 4 heteroatoms. The van der Waals surface area contributed by atoms with Gasteiger partial charge in [-0.15, -0.1) is 0 Å². The summed E-state index contributed by atoms with van der Waals surface area (Å²) in [6, 6.07) is 7.39. The summed E-state index contributed by atoms with van der Waals surface area (Å²) in [5.74, 6) is 0.463. The Hall–Kier alpha value is -1.55. The van der Waals surface area contributed by atoms with E-state index in [0.29, 0.717) is 0 Å². The molecular weight excluding hydrogens is 242 g/mol. The van der Waals surface area contributed by atoms with E-state index in [1.807, 2.05) is 52.0 Å². The number of carbonyl (C=O) groups excluding carboxylic acids is 1. The van der Waals surface area contributed by atoms with Gasteiger partial charge >= 0.3 is 5.97 Å². The fourth-order valence-corrected chi connectivity index (χ4v) is 1.75. The number of ether oxygens (including phenoxy) is 2. The Labute approximate surface area is 114 Å². The summed E-state index contributed by atoms with van der Waals surface area (Å²) in [6.07, 6.45) is 0.136. The van der Waals surface area contributed by atoms with E-state index in [1.165, 1.54) is 0 Å². The molecule has 1 atom stereocenters. The zero-order valence-corrected chi connectivity index (χ0v) is 12.3. The summed E-state index contributed by atoms with van der Waals surface area (Å²) in [7, 11) is 1.61. The molecule has 0 heterocycles. The van der Waals surface area contributed by atoms with Gasteiger partial charge in [0.1, 0.15) is 11.4 Å². The van der Waals surface area contributed by atoms with Crippen LogP contribution in [0.1, 0.15) is 39.7 Å². The van der Waals surface area contributed by atoms with Gasteiger partial charge in [0.2, 0.25) is 0 Å². The molecule has 0 saturated carbocycles. The number of carbonyl (C=O) groups is 1. The van der Waals surface area contributed by atoms with Gasteiger partial charge in [0, 0.05) is 5.54 Å². The van der Waals surface area contributed by atoms with Crippen molar-refractivity contribution in [3.8, 4) is 5.75 Å². The molecule has 0 fully saturated rings. The van der Waals surface area contributed by atoms with Crippen LogP contribution in [0, 0.1) is 0 Å². The highest BCUT2D eigenvalue weighted by molar-refractivity contribution is 5.71. The Morgan fingerprint density at radius 1 is 1.16 bits per heavy atom. The van der Waals surface area contributed by atoms with Crippen LogP contribution in [0.15, 0.2) is 24.3 Å². The van der Waals surface area contributed by atoms with E-state index in [2.05, 4.69) is 0 Å². The van der Waals surface area contributed by atoms with Crippen LogP contribution in [0.5, 0.6) is 5.75 Å². The minimum absolute atomic E-state index is 0.136. The van der Waals surface area contributed by atoms with Gasteiger partial charge in [-0.3, -0.25) is 4.79 Å². The fraction of sp³-hybridized carbons (Fsp3) is 0.533. The summed E-state index contributed by atoms with van der Waals surface area (Å²) in [5.41, 5.74) is 5.83. The quantitative estimate of drug-likeness (QED) is 0.850. The van der Waals surface area contributed by atoms with E-state index in [9.17, 15) is 4.79 Å². The lowest BCUT2D eigenvalue weighted by Crippen LogP contribution is -2.37. The molecule has 4 nitrogen and oxygen atoms in total. The van der Waals surface area contributed by atoms with Crippen LogP contribution in [0.4, 0.5) is 0 Å². The Kier molecular flexibility index (Phi) is 4.58. The van der Waals surface area contributed by atoms with E-state index in [-0.39, 0.29) is 12.4 Å². The van der Waals surface area contributed by atoms with Gasteiger partial charge in [-0.1, -0.05) is 12.1 Å². The number of rotatable bonds is 4. The van der Waals surface area contributed by atoms with Crippen molar-refractivity contribution in [1.29, 1.82) is 0 Å². The van der Waals surface area contributed by atoms with Gasteiger partial charge in [0.15, 0.2) is 0 Å². The molecular formula is C15H23NO3. The van der Waals surface area contributed by atoms with Crippen molar-refractivity contribution < 1.29 is 14.3 Å². The molecule has 1 aromatic carbocycles. The number of methoxy groups -OCH3 is 1. The second-order valence-corrected chi connectivity index (χ2v) is 5.91. The summed E-state index contributed by atoms with van der Waals surface area (Å²) in [6.45, 7) is 7.34. The zero-order valence-electron chi connectivity index (χ0n) is 12.3. The van der Waals surface area contributed by atoms with Crippen LogP contribution < -0.4 is 10.5 Å². The van der Waals surface area contributed by atoms with Crippen molar-refractivity contribution >= 4 is 5.97 Å². The Balaban J connectivity index is 2.76. The van der Waals surface area contributed by atoms with E-state index < -0.39 is 11.1 Å². The molecule has 0 amide bonds. The Morgan fingerprint density at radius 2 is 1.68 bits per heavy atom. The molecule has 0 saturated heterocycles. The van der Waals surface area contributed by atoms with Gasteiger partial charge in [-0.05, 0) is 45.4 Å². The van der Waals surface area contributed by atoms with Crippen LogP contribution in [-0.2, 0) is 15.1 Å². The van der Waals surface area contributed by atoms with E-state index in [1.54, 1.807) is 7.11 Å². The van der Waals surface area contributed by atoms with Crippen LogP contribution in [-0.4, -0.2) is 18.7 Å². The maximum Gasteiger partial charge on any atom is 0.308 e. The highest BCUT2D eigenvalue weighted by Gasteiger charge is 2.28. The maximum absolute atomic E-state index is 11.8. The topological polar surface area (TPSA) is 61.5 Å². The van der Waals surface area contributed by atoms with Crippen molar-refractivity contribution in [1.82, 2.24) is 0 Å². The average molecular weight is 265 g/mol. The van der Waals surface area contributed by atoms with Gasteiger partial charge < -0.3 is 15.2 Å². The molecule has 2 N–H and O–H groups in total. The number of hydrogen-bond acceptors (Lipinski definition) is 4. The maximum atomic E-state index is 11.8. The fourth-order valence-electron chi connectivity index (χ4n) is 1.75. The second kappa shape index (κ2) is 5.61. The third-order valence-corrected chi connectivity index (χ3v) is 2.68. The highest BCUT2D eigenvalue weighted by atomic mass is 16.6. The first-order chi connectivity index (χ1) is 8.64. The predicted molar refractivity (Wildman–Crippen MR) is 75.0 cm³/mol. The molecule has 1 rings (SSSR count). The molecule has 0 aliphatic heterocycles. The lowest BCUT2D eigenvalue weighted by Gasteiger charge is -2.27. The molecule has 0 aromatic heterocycles. The molecule has 1 aromatic rings. The second-order valence-electron chi connectivity index (χ2n) is 5.91. The average Bonchev–Trinajstić information content (AvgIpc) is 2.25. The molecule has 19 heavy (non-hydrogen) atoms. The standard InChI is InChI=1S/C15H23NO3/c1-14(2,3)19-13(17)10-15(4,16)11-6-8-12(18-5)9-7-11/h6-9H,10,16H2,1-5H3. The predicted octanol–water partition coefficient (Wildman–Crippen LogP) is 2.60. The van der Waals surface area contributed by atoms with Crippen LogP contribution in [0.25, 0.3) is 0 Å². The highest BCUT2D eigenvalue weighted by Crippen LogP contribution is 2.25. The van der Waals surface area contributed by atoms with Crippen LogP contribution in [0.3, 0.4) is 0 Å². The minimum atomic E-state index is -0.755. The molecule has 0 aliphatic carbocycles. The molecule has 0 radical (unpaired) electrons. The summed E-state index contributed by atoms with van der Waals surface area (Å²) >= 11 is 0. The number of esters is 1. The van der Waals surface area contributed by atoms with Crippen molar-refractivity contribution in [3.05, 3.63) is 29.8 Å². The minimum Gasteiger partial charge on any atom is -0.497 e. The van der Waals surface area contributed by atoms with Crippen molar-refractivity contribution in [2.45, 2.75) is 45.3 Å². The Morgan fingerprint density at radius 3 is 2.11 bits per heavy atom. The largest absolute Gasteiger partial charge is 0.497 e. The van der Waals surface area contributed by atoms with Crippen molar-refractivity contribution in [2.24, 2.45) is 5.73 Å². The van der Waals surface area contributed by atoms with Gasteiger partial charge in [0.25, 0.3) is 0 Å². The van der Waals surface area contributed by atoms with E-state index in [4.69, 9.17) is 15.2 Å². The van der Waals surface area contributed by atoms with Gasteiger partial charge in [0.05, 0.1) is 13.5 Å². The lowest BCUT2D eigenvalue weighted by molar-refractivity contribution is -0.156. The third kappa shape index (κ3) is 4.91. The summed E-state index contributed by atoms with van der Waals surface area (Å²) < 4.78 is 10.4. The van der Waals surface area contributed by atoms with Crippen LogP contribution in [0.2, 0.25) is 0 Å². The smallest absolute Gasteiger partial charge is 0.308 e. The lowest BCUT2D eigenvalue weighted by atomic mass is 9.90. The normalized spacial score (nSPS) is 14.6. The third-order valence-electron chi connectivity index (χ3n) is 2.68. The number of benzene rings is 1. The van der Waals surface area contributed by atoms with E-state index >= 15 is 0 Å². The molecule has 106 valence electrons. The van der Waals surface area contributed by atoms with Crippen molar-refractivity contribution in [2.75, 3.05) is 7.11 Å². The Bertz CT molecular complexity index is 430. The molecule has 0 bridgehead atoms. The first-order valence-corrected chi connectivity index (χ1v) is 6.29. The molecule has 0 spiro atoms. The van der Waals surface area contributed by atoms with Gasteiger partial charge in [-0.25, -0.2) is 0 Å². The van der Waals surface area contributed by atoms with Crippen molar-refractivity contribution in [3.63, 3.8) is 0 Å². The summed E-state index contributed by atoms with van der Waals surface area (Å²) in [5, 5.41) is 0. The first kappa shape index (κ1) is 15.5. The van der Waals surface area contributed by atoms with E-state index in [0.717, 1.165) is 11.3 Å². The zero-order chi connectivity index (χ0) is 14.7. The molecule has 0 aliphatic rings. The molecule has 1 unspecified atom stereocenters. The summed E-state index contributed by atoms with van der Waals surface area (Å²) in [4.78, 5) is 11.8. The monoisotopic (exact) mass is 265 g/mol. The SMILES string of the molecule is COc1ccc(C(C)(N)CC(=O)OC(C)(C)C)cc1. The first-order valence-electron chi connectivity index (χ1n) is 6.29. The van der Waals surface area contributed by atoms with Gasteiger partial charge in [-0.2, -0.15) is 0 Å².